The van der Waals surface area contributed by atoms with Crippen LogP contribution in [0.5, 0.6) is 0 Å². The summed E-state index contributed by atoms with van der Waals surface area (Å²) in [6.07, 6.45) is 0. The van der Waals surface area contributed by atoms with Crippen molar-refractivity contribution in [1.29, 1.82) is 0 Å². The molecule has 0 heterocycles. The van der Waals surface area contributed by atoms with E-state index in [9.17, 15) is 17.6 Å². The van der Waals surface area contributed by atoms with E-state index >= 15 is 0 Å². The van der Waals surface area contributed by atoms with Crippen molar-refractivity contribution in [2.75, 3.05) is 31.7 Å². The van der Waals surface area contributed by atoms with Crippen LogP contribution in [0.15, 0.2) is 16.6 Å². The van der Waals surface area contributed by atoms with Gasteiger partial charge in [-0.05, 0) is 28.1 Å². The van der Waals surface area contributed by atoms with Gasteiger partial charge in [-0.2, -0.15) is 0 Å². The Kier molecular flexibility index (Phi) is 5.49. The van der Waals surface area contributed by atoms with Crippen molar-refractivity contribution in [3.8, 4) is 0 Å². The number of sulfonamides is 1. The molecule has 1 aromatic rings. The van der Waals surface area contributed by atoms with Gasteiger partial charge in [0, 0.05) is 20.6 Å². The summed E-state index contributed by atoms with van der Waals surface area (Å²) in [5.41, 5.74) is -0.162. The predicted molar refractivity (Wildman–Crippen MR) is 77.0 cm³/mol. The standard InChI is InChI=1S/C11H14BrFN2O4S/c1-15(2)20(18,19)6-5-14-8-4-3-7(11(16)17)9(12)10(8)13/h3-4,14H,5-6H2,1-2H3,(H,16,17). The first-order chi connectivity index (χ1) is 9.16. The van der Waals surface area contributed by atoms with Crippen molar-refractivity contribution >= 4 is 37.6 Å². The Morgan fingerprint density at radius 3 is 2.55 bits per heavy atom. The van der Waals surface area contributed by atoms with Gasteiger partial charge >= 0.3 is 5.97 Å². The summed E-state index contributed by atoms with van der Waals surface area (Å²) in [4.78, 5) is 10.8. The van der Waals surface area contributed by atoms with Crippen molar-refractivity contribution in [1.82, 2.24) is 4.31 Å². The normalized spacial score (nSPS) is 11.7. The highest BCUT2D eigenvalue weighted by atomic mass is 79.9. The molecule has 0 atom stereocenters. The van der Waals surface area contributed by atoms with E-state index < -0.39 is 21.8 Å². The highest BCUT2D eigenvalue weighted by molar-refractivity contribution is 9.10. The first-order valence-corrected chi connectivity index (χ1v) is 7.92. The van der Waals surface area contributed by atoms with E-state index in [1.165, 1.54) is 26.2 Å². The number of benzene rings is 1. The number of hydrogen-bond donors (Lipinski definition) is 2. The van der Waals surface area contributed by atoms with Crippen LogP contribution >= 0.6 is 15.9 Å². The van der Waals surface area contributed by atoms with Crippen LogP contribution in [0, 0.1) is 5.82 Å². The second kappa shape index (κ2) is 6.51. The molecule has 0 aliphatic heterocycles. The molecule has 112 valence electrons. The predicted octanol–water partition coefficient (Wildman–Crippen LogP) is 1.59. The molecule has 2 N–H and O–H groups in total. The van der Waals surface area contributed by atoms with Crippen molar-refractivity contribution in [2.45, 2.75) is 0 Å². The molecule has 0 spiro atoms. The van der Waals surface area contributed by atoms with Gasteiger partial charge in [0.25, 0.3) is 0 Å². The second-order valence-electron chi connectivity index (χ2n) is 4.12. The van der Waals surface area contributed by atoms with Crippen molar-refractivity contribution < 1.29 is 22.7 Å². The van der Waals surface area contributed by atoms with E-state index in [2.05, 4.69) is 21.2 Å². The molecule has 6 nitrogen and oxygen atoms in total. The SMILES string of the molecule is CN(C)S(=O)(=O)CCNc1ccc(C(=O)O)c(Br)c1F. The number of aromatic carboxylic acids is 1. The van der Waals surface area contributed by atoms with Crippen molar-refractivity contribution in [3.63, 3.8) is 0 Å². The van der Waals surface area contributed by atoms with Gasteiger partial charge in [0.1, 0.15) is 0 Å². The van der Waals surface area contributed by atoms with E-state index in [0.717, 1.165) is 4.31 Å². The lowest BCUT2D eigenvalue weighted by atomic mass is 10.2. The molecule has 9 heteroatoms. The maximum atomic E-state index is 13.9. The maximum absolute atomic E-state index is 13.9. The fourth-order valence-electron chi connectivity index (χ4n) is 1.35. The van der Waals surface area contributed by atoms with Crippen LogP contribution < -0.4 is 5.32 Å². The Hall–Kier alpha value is -1.19. The molecule has 1 aromatic carbocycles. The molecule has 1 rings (SSSR count). The summed E-state index contributed by atoms with van der Waals surface area (Å²) in [5, 5.41) is 11.5. The van der Waals surface area contributed by atoms with Gasteiger partial charge in [0.05, 0.1) is 21.5 Å². The molecular weight excluding hydrogens is 355 g/mol. The maximum Gasteiger partial charge on any atom is 0.336 e. The number of nitrogens with one attached hydrogen (secondary N) is 1. The summed E-state index contributed by atoms with van der Waals surface area (Å²) in [7, 11) is -0.549. The summed E-state index contributed by atoms with van der Waals surface area (Å²) in [5.74, 6) is -2.22. The van der Waals surface area contributed by atoms with Crippen molar-refractivity contribution in [3.05, 3.63) is 28.0 Å². The quantitative estimate of drug-likeness (QED) is 0.795. The average Bonchev–Trinajstić information content (AvgIpc) is 2.33. The monoisotopic (exact) mass is 368 g/mol. The van der Waals surface area contributed by atoms with Crippen LogP contribution in [0.4, 0.5) is 10.1 Å². The number of carboxylic acid groups (broad SMARTS) is 1. The Morgan fingerprint density at radius 2 is 2.05 bits per heavy atom. The minimum absolute atomic E-state index is 0.0102. The Morgan fingerprint density at radius 1 is 1.45 bits per heavy atom. The number of rotatable bonds is 6. The van der Waals surface area contributed by atoms with Gasteiger partial charge in [0.15, 0.2) is 5.82 Å². The zero-order valence-electron chi connectivity index (χ0n) is 10.9. The van der Waals surface area contributed by atoms with Gasteiger partial charge in [-0.25, -0.2) is 21.9 Å². The van der Waals surface area contributed by atoms with E-state index in [1.807, 2.05) is 0 Å². The third-order valence-electron chi connectivity index (χ3n) is 2.54. The number of halogens is 2. The van der Waals surface area contributed by atoms with Gasteiger partial charge in [-0.1, -0.05) is 0 Å². The largest absolute Gasteiger partial charge is 0.478 e. The third-order valence-corrected chi connectivity index (χ3v) is 5.15. The Balaban J connectivity index is 2.81. The highest BCUT2D eigenvalue weighted by Crippen LogP contribution is 2.27. The van der Waals surface area contributed by atoms with Gasteiger partial charge in [-0.3, -0.25) is 0 Å². The molecule has 0 aromatic heterocycles. The van der Waals surface area contributed by atoms with Crippen LogP contribution in [-0.4, -0.2) is 50.2 Å². The summed E-state index contributed by atoms with van der Waals surface area (Å²) in [6, 6.07) is 2.49. The zero-order valence-corrected chi connectivity index (χ0v) is 13.3. The zero-order chi connectivity index (χ0) is 15.5. The van der Waals surface area contributed by atoms with E-state index in [4.69, 9.17) is 5.11 Å². The molecule has 0 radical (unpaired) electrons. The van der Waals surface area contributed by atoms with Crippen molar-refractivity contribution in [2.24, 2.45) is 0 Å². The first kappa shape index (κ1) is 16.9. The average molecular weight is 369 g/mol. The number of hydrogen-bond acceptors (Lipinski definition) is 4. The Labute approximate surface area is 124 Å². The smallest absolute Gasteiger partial charge is 0.336 e. The van der Waals surface area contributed by atoms with Crippen LogP contribution in [0.1, 0.15) is 10.4 Å². The molecular formula is C11H14BrFN2O4S. The molecule has 0 unspecified atom stereocenters. The molecule has 0 amide bonds. The Bertz CT molecular complexity index is 619. The summed E-state index contributed by atoms with van der Waals surface area (Å²) in [6.45, 7) is 0.0102. The van der Waals surface area contributed by atoms with Gasteiger partial charge in [-0.15, -0.1) is 0 Å². The number of carboxylic acids is 1. The van der Waals surface area contributed by atoms with E-state index in [0.29, 0.717) is 0 Å². The van der Waals surface area contributed by atoms with Crippen LogP contribution in [0.2, 0.25) is 0 Å². The van der Waals surface area contributed by atoms with Crippen LogP contribution in [0.3, 0.4) is 0 Å². The molecule has 20 heavy (non-hydrogen) atoms. The molecule has 0 fully saturated rings. The number of anilines is 1. The first-order valence-electron chi connectivity index (χ1n) is 5.52. The second-order valence-corrected chi connectivity index (χ2v) is 7.21. The van der Waals surface area contributed by atoms with Crippen LogP contribution in [-0.2, 0) is 10.0 Å². The topological polar surface area (TPSA) is 86.7 Å². The summed E-state index contributed by atoms with van der Waals surface area (Å²) < 4.78 is 37.8. The fraction of sp³-hybridized carbons (Fsp3) is 0.364. The molecule has 0 bridgehead atoms. The van der Waals surface area contributed by atoms with E-state index in [1.54, 1.807) is 0 Å². The molecule has 0 saturated carbocycles. The number of carbonyl (C=O) groups is 1. The van der Waals surface area contributed by atoms with Gasteiger partial charge in [0.2, 0.25) is 10.0 Å². The lowest BCUT2D eigenvalue weighted by molar-refractivity contribution is 0.0695. The minimum Gasteiger partial charge on any atom is -0.478 e. The van der Waals surface area contributed by atoms with Gasteiger partial charge < -0.3 is 10.4 Å². The fourth-order valence-corrected chi connectivity index (χ4v) is 2.59. The van der Waals surface area contributed by atoms with E-state index in [-0.39, 0.29) is 28.0 Å². The molecule has 0 aliphatic rings. The summed E-state index contributed by atoms with van der Waals surface area (Å²) >= 11 is 2.86. The lowest BCUT2D eigenvalue weighted by Crippen LogP contribution is -2.28. The number of nitrogens with zero attached hydrogens (tertiary/aromatic N) is 1. The minimum atomic E-state index is -3.37. The molecule has 0 saturated heterocycles. The lowest BCUT2D eigenvalue weighted by Gasteiger charge is -2.13. The molecule has 0 aliphatic carbocycles. The highest BCUT2D eigenvalue weighted by Gasteiger charge is 2.17. The van der Waals surface area contributed by atoms with Crippen LogP contribution in [0.25, 0.3) is 0 Å². The third kappa shape index (κ3) is 3.90.